The molecule has 37 heavy (non-hydrogen) atoms. The average Bonchev–Trinajstić information content (AvgIpc) is 2.90. The van der Waals surface area contributed by atoms with Crippen molar-refractivity contribution in [1.82, 2.24) is 9.38 Å². The first-order valence-corrected chi connectivity index (χ1v) is 12.0. The van der Waals surface area contributed by atoms with Gasteiger partial charge in [-0.2, -0.15) is 5.26 Å². The minimum atomic E-state index is -0.654. The number of ether oxygens (including phenoxy) is 1. The number of carbonyl (C=O) groups excluding carboxylic acids is 2. The maximum Gasteiger partial charge on any atom is 0.267 e. The highest BCUT2D eigenvalue weighted by Gasteiger charge is 2.27. The third-order valence-electron chi connectivity index (χ3n) is 6.34. The van der Waals surface area contributed by atoms with Crippen molar-refractivity contribution in [1.29, 1.82) is 5.26 Å². The zero-order valence-corrected chi connectivity index (χ0v) is 20.7. The Morgan fingerprint density at radius 1 is 1.24 bits per heavy atom. The van der Waals surface area contributed by atoms with Crippen LogP contribution in [0.3, 0.4) is 0 Å². The number of anilines is 2. The Hall–Kier alpha value is -4.65. The lowest BCUT2D eigenvalue weighted by Gasteiger charge is -2.32. The summed E-state index contributed by atoms with van der Waals surface area (Å²) in [6.45, 7) is 5.17. The predicted octanol–water partition coefficient (Wildman–Crippen LogP) is 2.65. The van der Waals surface area contributed by atoms with Crippen LogP contribution in [0.25, 0.3) is 11.7 Å². The van der Waals surface area contributed by atoms with Gasteiger partial charge >= 0.3 is 0 Å². The molecule has 1 aromatic carbocycles. The number of fused-ring (bicyclic) bond motifs is 1. The third kappa shape index (κ3) is 5.46. The van der Waals surface area contributed by atoms with Crippen LogP contribution in [0, 0.1) is 24.2 Å². The van der Waals surface area contributed by atoms with Gasteiger partial charge in [-0.15, -0.1) is 0 Å². The van der Waals surface area contributed by atoms with Crippen molar-refractivity contribution in [2.24, 2.45) is 11.7 Å². The summed E-state index contributed by atoms with van der Waals surface area (Å²) >= 11 is 0. The second-order valence-electron chi connectivity index (χ2n) is 8.78. The second-order valence-corrected chi connectivity index (χ2v) is 8.78. The number of rotatable bonds is 7. The first-order chi connectivity index (χ1) is 17.8. The monoisotopic (exact) mass is 500 g/mol. The SMILES string of the molecule is CCOc1ccc(NC(=O)C(C#N)=Cc2c(N3CCC(C(N)=O)CC3)nc3c(C)cccn3c2=O)cc1. The number of aromatic nitrogens is 2. The maximum absolute atomic E-state index is 13.6. The molecule has 3 N–H and O–H groups in total. The first-order valence-electron chi connectivity index (χ1n) is 12.0. The number of hydrogen-bond acceptors (Lipinski definition) is 7. The summed E-state index contributed by atoms with van der Waals surface area (Å²) in [4.78, 5) is 44.8. The predicted molar refractivity (Wildman–Crippen MR) is 140 cm³/mol. The Kier molecular flexibility index (Phi) is 7.53. The number of primary amides is 1. The van der Waals surface area contributed by atoms with Gasteiger partial charge in [-0.05, 0) is 68.7 Å². The van der Waals surface area contributed by atoms with Crippen molar-refractivity contribution < 1.29 is 14.3 Å². The Balaban J connectivity index is 1.73. The highest BCUT2D eigenvalue weighted by atomic mass is 16.5. The minimum Gasteiger partial charge on any atom is -0.494 e. The molecule has 1 aliphatic rings. The van der Waals surface area contributed by atoms with Gasteiger partial charge in [0.1, 0.15) is 28.9 Å². The number of nitrogens with two attached hydrogens (primary N) is 1. The molecule has 2 amide bonds. The van der Waals surface area contributed by atoms with Crippen LogP contribution in [0.1, 0.15) is 30.9 Å². The fourth-order valence-corrected chi connectivity index (χ4v) is 4.34. The van der Waals surface area contributed by atoms with E-state index in [1.807, 2.05) is 30.9 Å². The van der Waals surface area contributed by atoms with Crippen LogP contribution in [-0.2, 0) is 9.59 Å². The summed E-state index contributed by atoms with van der Waals surface area (Å²) in [5.41, 5.74) is 6.72. The quantitative estimate of drug-likeness (QED) is 0.375. The van der Waals surface area contributed by atoms with Gasteiger partial charge in [0.25, 0.3) is 11.5 Å². The number of aryl methyl sites for hydroxylation is 1. The van der Waals surface area contributed by atoms with Gasteiger partial charge in [0, 0.05) is 30.9 Å². The van der Waals surface area contributed by atoms with E-state index >= 15 is 0 Å². The van der Waals surface area contributed by atoms with E-state index in [4.69, 9.17) is 15.5 Å². The van der Waals surface area contributed by atoms with E-state index in [0.717, 1.165) is 5.56 Å². The summed E-state index contributed by atoms with van der Waals surface area (Å²) < 4.78 is 6.81. The minimum absolute atomic E-state index is 0.124. The highest BCUT2D eigenvalue weighted by Crippen LogP contribution is 2.26. The fourth-order valence-electron chi connectivity index (χ4n) is 4.34. The largest absolute Gasteiger partial charge is 0.494 e. The molecular formula is C27H28N6O4. The smallest absolute Gasteiger partial charge is 0.267 e. The fraction of sp³-hybridized carbons (Fsp3) is 0.296. The van der Waals surface area contributed by atoms with E-state index in [2.05, 4.69) is 5.32 Å². The van der Waals surface area contributed by atoms with Crippen molar-refractivity contribution in [3.05, 3.63) is 69.6 Å². The van der Waals surface area contributed by atoms with E-state index < -0.39 is 11.5 Å². The number of nitriles is 1. The van der Waals surface area contributed by atoms with Crippen LogP contribution in [0.2, 0.25) is 0 Å². The zero-order valence-electron chi connectivity index (χ0n) is 20.7. The molecule has 3 aromatic rings. The Morgan fingerprint density at radius 2 is 1.95 bits per heavy atom. The van der Waals surface area contributed by atoms with E-state index in [9.17, 15) is 19.6 Å². The average molecular weight is 501 g/mol. The number of benzene rings is 1. The van der Waals surface area contributed by atoms with Gasteiger partial charge in [-0.25, -0.2) is 4.98 Å². The van der Waals surface area contributed by atoms with Gasteiger partial charge in [0.15, 0.2) is 0 Å². The summed E-state index contributed by atoms with van der Waals surface area (Å²) in [5, 5.41) is 12.5. The maximum atomic E-state index is 13.6. The summed E-state index contributed by atoms with van der Waals surface area (Å²) in [7, 11) is 0. The van der Waals surface area contributed by atoms with E-state index in [-0.39, 0.29) is 23.0 Å². The lowest BCUT2D eigenvalue weighted by molar-refractivity contribution is -0.122. The molecule has 1 aliphatic heterocycles. The number of piperidine rings is 1. The Labute approximate surface area is 214 Å². The Bertz CT molecular complexity index is 1460. The number of hydrogen-bond donors (Lipinski definition) is 2. The van der Waals surface area contributed by atoms with Crippen molar-refractivity contribution in [3.8, 4) is 11.8 Å². The van der Waals surface area contributed by atoms with Crippen LogP contribution < -0.4 is 26.2 Å². The third-order valence-corrected chi connectivity index (χ3v) is 6.34. The summed E-state index contributed by atoms with van der Waals surface area (Å²) in [6.07, 6.45) is 3.93. The lowest BCUT2D eigenvalue weighted by atomic mass is 9.96. The van der Waals surface area contributed by atoms with Gasteiger partial charge < -0.3 is 20.7 Å². The van der Waals surface area contributed by atoms with Gasteiger partial charge in [-0.3, -0.25) is 18.8 Å². The number of nitrogens with one attached hydrogen (secondary N) is 1. The molecule has 0 radical (unpaired) electrons. The highest BCUT2D eigenvalue weighted by molar-refractivity contribution is 6.10. The normalized spacial score (nSPS) is 14.3. The molecule has 10 nitrogen and oxygen atoms in total. The summed E-state index contributed by atoms with van der Waals surface area (Å²) in [5.74, 6) is -0.220. The molecule has 3 heterocycles. The lowest BCUT2D eigenvalue weighted by Crippen LogP contribution is -2.40. The number of carbonyl (C=O) groups is 2. The number of pyridine rings is 1. The van der Waals surface area contributed by atoms with Crippen LogP contribution in [0.5, 0.6) is 5.75 Å². The van der Waals surface area contributed by atoms with Crippen molar-refractivity contribution in [2.45, 2.75) is 26.7 Å². The topological polar surface area (TPSA) is 143 Å². The molecule has 2 aromatic heterocycles. The van der Waals surface area contributed by atoms with E-state index in [1.165, 1.54) is 10.5 Å². The molecule has 190 valence electrons. The van der Waals surface area contributed by atoms with Crippen LogP contribution in [0.4, 0.5) is 11.5 Å². The molecule has 0 bridgehead atoms. The molecule has 1 fully saturated rings. The molecule has 10 heteroatoms. The molecule has 0 spiro atoms. The zero-order chi connectivity index (χ0) is 26.5. The van der Waals surface area contributed by atoms with Gasteiger partial charge in [0.2, 0.25) is 5.91 Å². The number of nitrogens with zero attached hydrogens (tertiary/aromatic N) is 4. The van der Waals surface area contributed by atoms with Crippen LogP contribution in [0.15, 0.2) is 53.0 Å². The first kappa shape index (κ1) is 25.4. The summed E-state index contributed by atoms with van der Waals surface area (Å²) in [6, 6.07) is 12.3. The second kappa shape index (κ2) is 11.0. The molecule has 1 saturated heterocycles. The van der Waals surface area contributed by atoms with Crippen LogP contribution in [-0.4, -0.2) is 40.9 Å². The Morgan fingerprint density at radius 3 is 2.57 bits per heavy atom. The van der Waals surface area contributed by atoms with Crippen LogP contribution >= 0.6 is 0 Å². The molecule has 0 unspecified atom stereocenters. The van der Waals surface area contributed by atoms with Crippen molar-refractivity contribution >= 4 is 35.0 Å². The van der Waals surface area contributed by atoms with Crippen molar-refractivity contribution in [3.63, 3.8) is 0 Å². The molecule has 0 atom stereocenters. The standard InChI is InChI=1S/C27H28N6O4/c1-3-37-21-8-6-20(7-9-21)30-26(35)19(16-28)15-22-25(32-13-10-18(11-14-32)23(29)34)31-24-17(2)5-4-12-33(24)27(22)36/h4-9,12,15,18H,3,10-11,13-14H2,1-2H3,(H2,29,34)(H,30,35). The van der Waals surface area contributed by atoms with Gasteiger partial charge in [0.05, 0.1) is 12.2 Å². The molecule has 0 aliphatic carbocycles. The number of amides is 2. The molecular weight excluding hydrogens is 472 g/mol. The van der Waals surface area contributed by atoms with Gasteiger partial charge in [-0.1, -0.05) is 6.07 Å². The van der Waals surface area contributed by atoms with E-state index in [1.54, 1.807) is 36.5 Å². The molecule has 0 saturated carbocycles. The van der Waals surface area contributed by atoms with E-state index in [0.29, 0.717) is 55.4 Å². The molecule has 4 rings (SSSR count). The van der Waals surface area contributed by atoms with Crippen molar-refractivity contribution in [2.75, 3.05) is 29.9 Å².